The number of aromatic carboxylic acids is 1. The van der Waals surface area contributed by atoms with E-state index in [-0.39, 0.29) is 16.5 Å². The van der Waals surface area contributed by atoms with Crippen molar-refractivity contribution in [2.75, 3.05) is 5.32 Å². The van der Waals surface area contributed by atoms with Gasteiger partial charge in [0.15, 0.2) is 5.69 Å². The molecular weight excluding hydrogens is 306 g/mol. The van der Waals surface area contributed by atoms with Crippen molar-refractivity contribution in [1.82, 2.24) is 10.2 Å². The molecule has 3 rings (SSSR count). The number of hydrogen-bond donors (Lipinski definition) is 3. The van der Waals surface area contributed by atoms with Gasteiger partial charge in [0.2, 0.25) is 0 Å². The lowest BCUT2D eigenvalue weighted by molar-refractivity contribution is 0.0696. The molecule has 1 aliphatic carbocycles. The van der Waals surface area contributed by atoms with Crippen LogP contribution in [0.2, 0.25) is 5.02 Å². The number of hydrogen-bond acceptors (Lipinski definition) is 3. The van der Waals surface area contributed by atoms with Gasteiger partial charge >= 0.3 is 5.97 Å². The zero-order chi connectivity index (χ0) is 15.7. The van der Waals surface area contributed by atoms with Crippen LogP contribution >= 0.6 is 11.6 Å². The second-order valence-corrected chi connectivity index (χ2v) is 5.66. The largest absolute Gasteiger partial charge is 0.478 e. The Bertz CT molecular complexity index is 754. The number of rotatable bonds is 3. The number of aromatic amines is 1. The van der Waals surface area contributed by atoms with Crippen LogP contribution in [0.25, 0.3) is 0 Å². The minimum atomic E-state index is -1.10. The fourth-order valence-electron chi connectivity index (χ4n) is 2.64. The van der Waals surface area contributed by atoms with Crippen LogP contribution in [-0.2, 0) is 12.8 Å². The van der Waals surface area contributed by atoms with Gasteiger partial charge < -0.3 is 10.4 Å². The van der Waals surface area contributed by atoms with Crippen molar-refractivity contribution in [1.29, 1.82) is 0 Å². The number of carboxylic acids is 1. The first-order valence-corrected chi connectivity index (χ1v) is 7.34. The molecule has 0 saturated heterocycles. The number of aromatic nitrogens is 2. The summed E-state index contributed by atoms with van der Waals surface area (Å²) in [5.74, 6) is -1.46. The molecule has 1 aliphatic rings. The number of carboxylic acid groups (broad SMARTS) is 1. The number of anilines is 1. The minimum Gasteiger partial charge on any atom is -0.478 e. The number of nitrogens with zero attached hydrogens (tertiary/aromatic N) is 1. The Morgan fingerprint density at radius 1 is 1.23 bits per heavy atom. The number of carbonyl (C=O) groups excluding carboxylic acids is 1. The van der Waals surface area contributed by atoms with Gasteiger partial charge in [0.25, 0.3) is 5.91 Å². The van der Waals surface area contributed by atoms with Crippen molar-refractivity contribution < 1.29 is 14.7 Å². The first-order chi connectivity index (χ1) is 10.5. The number of nitrogens with one attached hydrogen (secondary N) is 2. The normalized spacial score (nSPS) is 13.5. The van der Waals surface area contributed by atoms with Crippen LogP contribution in [0.3, 0.4) is 0 Å². The van der Waals surface area contributed by atoms with E-state index < -0.39 is 5.97 Å². The van der Waals surface area contributed by atoms with Crippen LogP contribution in [0.1, 0.15) is 44.9 Å². The molecule has 1 heterocycles. The molecule has 22 heavy (non-hydrogen) atoms. The molecule has 3 N–H and O–H groups in total. The molecular formula is C15H14ClN3O3. The Hall–Kier alpha value is -2.34. The summed E-state index contributed by atoms with van der Waals surface area (Å²) in [4.78, 5) is 23.4. The Labute approximate surface area is 131 Å². The maximum absolute atomic E-state index is 12.4. The molecule has 1 aromatic heterocycles. The van der Waals surface area contributed by atoms with Crippen molar-refractivity contribution in [3.63, 3.8) is 0 Å². The van der Waals surface area contributed by atoms with E-state index in [1.807, 2.05) is 0 Å². The highest BCUT2D eigenvalue weighted by Gasteiger charge is 2.22. The molecule has 0 saturated carbocycles. The van der Waals surface area contributed by atoms with E-state index in [1.54, 1.807) is 0 Å². The number of halogens is 1. The standard InChI is InChI=1S/C15H14ClN3O3/c16-9-5-8(15(21)22)6-10(7-9)17-14(20)13-11-3-1-2-4-12(11)18-19-13/h5-7H,1-4H2,(H,17,20)(H,18,19)(H,21,22). The molecule has 7 heteroatoms. The predicted molar refractivity (Wildman–Crippen MR) is 81.6 cm³/mol. The van der Waals surface area contributed by atoms with Gasteiger partial charge in [0.1, 0.15) is 0 Å². The van der Waals surface area contributed by atoms with Gasteiger partial charge in [-0.3, -0.25) is 9.89 Å². The molecule has 6 nitrogen and oxygen atoms in total. The van der Waals surface area contributed by atoms with Gasteiger partial charge in [0.05, 0.1) is 5.56 Å². The topological polar surface area (TPSA) is 95.1 Å². The second-order valence-electron chi connectivity index (χ2n) is 5.22. The van der Waals surface area contributed by atoms with Crippen LogP contribution < -0.4 is 5.32 Å². The summed E-state index contributed by atoms with van der Waals surface area (Å²) in [6, 6.07) is 4.20. The van der Waals surface area contributed by atoms with Crippen molar-refractivity contribution in [2.45, 2.75) is 25.7 Å². The molecule has 2 aromatic rings. The van der Waals surface area contributed by atoms with E-state index in [0.717, 1.165) is 36.9 Å². The molecule has 0 atom stereocenters. The Kier molecular flexibility index (Phi) is 3.85. The third-order valence-electron chi connectivity index (χ3n) is 3.67. The summed E-state index contributed by atoms with van der Waals surface area (Å²) in [7, 11) is 0. The molecule has 0 bridgehead atoms. The second kappa shape index (κ2) is 5.81. The van der Waals surface area contributed by atoms with Crippen molar-refractivity contribution >= 4 is 29.2 Å². The summed E-state index contributed by atoms with van der Waals surface area (Å²) in [6.07, 6.45) is 3.85. The number of fused-ring (bicyclic) bond motifs is 1. The highest BCUT2D eigenvalue weighted by molar-refractivity contribution is 6.31. The average Bonchev–Trinajstić information content (AvgIpc) is 2.90. The molecule has 0 spiro atoms. The van der Waals surface area contributed by atoms with Gasteiger partial charge in [-0.1, -0.05) is 11.6 Å². The summed E-state index contributed by atoms with van der Waals surface area (Å²) in [5.41, 5.74) is 2.68. The fourth-order valence-corrected chi connectivity index (χ4v) is 2.88. The highest BCUT2D eigenvalue weighted by atomic mass is 35.5. The molecule has 1 amide bonds. The third kappa shape index (κ3) is 2.82. The quantitative estimate of drug-likeness (QED) is 0.810. The van der Waals surface area contributed by atoms with Gasteiger partial charge in [-0.15, -0.1) is 0 Å². The first-order valence-electron chi connectivity index (χ1n) is 6.96. The molecule has 0 aliphatic heterocycles. The van der Waals surface area contributed by atoms with E-state index in [0.29, 0.717) is 11.4 Å². The molecule has 0 fully saturated rings. The van der Waals surface area contributed by atoms with Gasteiger partial charge in [-0.25, -0.2) is 4.79 Å². The average molecular weight is 320 g/mol. The van der Waals surface area contributed by atoms with Crippen LogP contribution in [0, 0.1) is 0 Å². The van der Waals surface area contributed by atoms with E-state index >= 15 is 0 Å². The van der Waals surface area contributed by atoms with Crippen molar-refractivity contribution in [3.05, 3.63) is 45.7 Å². The van der Waals surface area contributed by atoms with Crippen molar-refractivity contribution in [2.24, 2.45) is 0 Å². The van der Waals surface area contributed by atoms with E-state index in [2.05, 4.69) is 15.5 Å². The number of H-pyrrole nitrogens is 1. The van der Waals surface area contributed by atoms with E-state index in [1.165, 1.54) is 18.2 Å². The smallest absolute Gasteiger partial charge is 0.335 e. The lowest BCUT2D eigenvalue weighted by atomic mass is 9.96. The number of aryl methyl sites for hydroxylation is 1. The van der Waals surface area contributed by atoms with Gasteiger partial charge in [0, 0.05) is 22.0 Å². The number of carbonyl (C=O) groups is 2. The molecule has 114 valence electrons. The minimum absolute atomic E-state index is 0.0202. The number of amides is 1. The SMILES string of the molecule is O=C(O)c1cc(Cl)cc(NC(=O)c2n[nH]c3c2CCCC3)c1. The lowest BCUT2D eigenvalue weighted by Gasteiger charge is -2.11. The Morgan fingerprint density at radius 2 is 2.00 bits per heavy atom. The van der Waals surface area contributed by atoms with Crippen LogP contribution in [0.5, 0.6) is 0 Å². The summed E-state index contributed by atoms with van der Waals surface area (Å²) in [5, 5.41) is 18.9. The molecule has 1 aromatic carbocycles. The van der Waals surface area contributed by atoms with Crippen molar-refractivity contribution in [3.8, 4) is 0 Å². The zero-order valence-electron chi connectivity index (χ0n) is 11.6. The van der Waals surface area contributed by atoms with Crippen LogP contribution in [0.4, 0.5) is 5.69 Å². The molecule has 0 radical (unpaired) electrons. The highest BCUT2D eigenvalue weighted by Crippen LogP contribution is 2.24. The monoisotopic (exact) mass is 319 g/mol. The maximum atomic E-state index is 12.4. The molecule has 0 unspecified atom stereocenters. The summed E-state index contributed by atoms with van der Waals surface area (Å²) >= 11 is 5.88. The maximum Gasteiger partial charge on any atom is 0.335 e. The van der Waals surface area contributed by atoms with Gasteiger partial charge in [-0.2, -0.15) is 5.10 Å². The summed E-state index contributed by atoms with van der Waals surface area (Å²) in [6.45, 7) is 0. The summed E-state index contributed by atoms with van der Waals surface area (Å²) < 4.78 is 0. The van der Waals surface area contributed by atoms with Crippen LogP contribution in [-0.4, -0.2) is 27.2 Å². The van der Waals surface area contributed by atoms with E-state index in [9.17, 15) is 9.59 Å². The lowest BCUT2D eigenvalue weighted by Crippen LogP contribution is -2.16. The predicted octanol–water partition coefficient (Wildman–Crippen LogP) is 2.89. The Balaban J connectivity index is 1.85. The fraction of sp³-hybridized carbons (Fsp3) is 0.267. The third-order valence-corrected chi connectivity index (χ3v) is 3.89. The van der Waals surface area contributed by atoms with E-state index in [4.69, 9.17) is 16.7 Å². The first kappa shape index (κ1) is 14.6. The number of benzene rings is 1. The zero-order valence-corrected chi connectivity index (χ0v) is 12.4. The van der Waals surface area contributed by atoms with Gasteiger partial charge in [-0.05, 0) is 43.9 Å². The Morgan fingerprint density at radius 3 is 2.77 bits per heavy atom. The van der Waals surface area contributed by atoms with Crippen LogP contribution in [0.15, 0.2) is 18.2 Å².